The SMILES string of the molecule is CC(C)(C)OC(=O)N1CCCC(NCCc2ncn[nH]2)CC1. The number of aromatic nitrogens is 3. The van der Waals surface area contributed by atoms with Crippen LogP contribution in [0.5, 0.6) is 0 Å². The molecule has 1 aromatic rings. The van der Waals surface area contributed by atoms with Crippen molar-refractivity contribution in [3.05, 3.63) is 12.2 Å². The maximum Gasteiger partial charge on any atom is 0.410 e. The molecule has 1 atom stereocenters. The highest BCUT2D eigenvalue weighted by Crippen LogP contribution is 2.15. The van der Waals surface area contributed by atoms with Gasteiger partial charge in [-0.15, -0.1) is 0 Å². The van der Waals surface area contributed by atoms with Gasteiger partial charge < -0.3 is 15.0 Å². The second kappa shape index (κ2) is 7.58. The summed E-state index contributed by atoms with van der Waals surface area (Å²) in [5, 5.41) is 10.2. The van der Waals surface area contributed by atoms with Crippen LogP contribution in [-0.4, -0.2) is 57.5 Å². The lowest BCUT2D eigenvalue weighted by atomic mass is 10.1. The summed E-state index contributed by atoms with van der Waals surface area (Å²) in [5.41, 5.74) is -0.432. The Kier molecular flexibility index (Phi) is 5.76. The van der Waals surface area contributed by atoms with E-state index in [9.17, 15) is 4.79 Å². The summed E-state index contributed by atoms with van der Waals surface area (Å²) in [5.74, 6) is 0.900. The summed E-state index contributed by atoms with van der Waals surface area (Å²) in [7, 11) is 0. The first kappa shape index (κ1) is 16.7. The van der Waals surface area contributed by atoms with Crippen LogP contribution in [0.4, 0.5) is 4.79 Å². The molecule has 1 fully saturated rings. The fourth-order valence-electron chi connectivity index (χ4n) is 2.56. The molecule has 124 valence electrons. The molecule has 1 amide bonds. The monoisotopic (exact) mass is 309 g/mol. The van der Waals surface area contributed by atoms with Gasteiger partial charge in [0.2, 0.25) is 0 Å². The minimum absolute atomic E-state index is 0.199. The van der Waals surface area contributed by atoms with E-state index in [1.54, 1.807) is 0 Å². The Morgan fingerprint density at radius 3 is 2.95 bits per heavy atom. The highest BCUT2D eigenvalue weighted by atomic mass is 16.6. The van der Waals surface area contributed by atoms with Crippen LogP contribution in [0.25, 0.3) is 0 Å². The van der Waals surface area contributed by atoms with Gasteiger partial charge >= 0.3 is 6.09 Å². The molecule has 2 N–H and O–H groups in total. The molecule has 2 heterocycles. The van der Waals surface area contributed by atoms with Crippen molar-refractivity contribution in [2.24, 2.45) is 0 Å². The van der Waals surface area contributed by atoms with Crippen LogP contribution in [-0.2, 0) is 11.2 Å². The van der Waals surface area contributed by atoms with Crippen LogP contribution in [0.2, 0.25) is 0 Å². The van der Waals surface area contributed by atoms with Crippen molar-refractivity contribution in [1.29, 1.82) is 0 Å². The maximum absolute atomic E-state index is 12.1. The first-order valence-electron chi connectivity index (χ1n) is 7.99. The van der Waals surface area contributed by atoms with Gasteiger partial charge in [0, 0.05) is 32.1 Å². The summed E-state index contributed by atoms with van der Waals surface area (Å²) in [6.45, 7) is 8.08. The van der Waals surface area contributed by atoms with E-state index >= 15 is 0 Å². The predicted molar refractivity (Wildman–Crippen MR) is 83.5 cm³/mol. The van der Waals surface area contributed by atoms with E-state index in [2.05, 4.69) is 20.5 Å². The minimum atomic E-state index is -0.432. The molecule has 0 saturated carbocycles. The van der Waals surface area contributed by atoms with Crippen LogP contribution in [0.15, 0.2) is 6.33 Å². The number of aromatic amines is 1. The number of amides is 1. The first-order valence-corrected chi connectivity index (χ1v) is 7.99. The quantitative estimate of drug-likeness (QED) is 0.885. The van der Waals surface area contributed by atoms with Gasteiger partial charge in [0.05, 0.1) is 0 Å². The number of hydrogen-bond acceptors (Lipinski definition) is 5. The standard InChI is InChI=1S/C15H27N5O2/c1-15(2,3)22-14(21)20-9-4-5-12(7-10-20)16-8-6-13-17-11-18-19-13/h11-12,16H,4-10H2,1-3H3,(H,17,18,19). The maximum atomic E-state index is 12.1. The van der Waals surface area contributed by atoms with Gasteiger partial charge in [-0.3, -0.25) is 5.10 Å². The summed E-state index contributed by atoms with van der Waals surface area (Å²) in [6, 6.07) is 0.440. The number of rotatable bonds is 4. The van der Waals surface area contributed by atoms with Crippen molar-refractivity contribution >= 4 is 6.09 Å². The van der Waals surface area contributed by atoms with Crippen molar-refractivity contribution < 1.29 is 9.53 Å². The van der Waals surface area contributed by atoms with Crippen LogP contribution in [0, 0.1) is 0 Å². The van der Waals surface area contributed by atoms with Crippen LogP contribution >= 0.6 is 0 Å². The summed E-state index contributed by atoms with van der Waals surface area (Å²) >= 11 is 0. The number of nitrogens with one attached hydrogen (secondary N) is 2. The lowest BCUT2D eigenvalue weighted by molar-refractivity contribution is 0.0256. The summed E-state index contributed by atoms with van der Waals surface area (Å²) < 4.78 is 5.45. The molecule has 7 heteroatoms. The summed E-state index contributed by atoms with van der Waals surface area (Å²) in [4.78, 5) is 18.0. The van der Waals surface area contributed by atoms with Crippen molar-refractivity contribution in [3.63, 3.8) is 0 Å². The number of ether oxygens (including phenoxy) is 1. The van der Waals surface area contributed by atoms with E-state index in [-0.39, 0.29) is 6.09 Å². The Hall–Kier alpha value is -1.63. The molecule has 1 aromatic heterocycles. The van der Waals surface area contributed by atoms with Gasteiger partial charge in [-0.25, -0.2) is 9.78 Å². The van der Waals surface area contributed by atoms with Crippen molar-refractivity contribution in [3.8, 4) is 0 Å². The molecular weight excluding hydrogens is 282 g/mol. The lowest BCUT2D eigenvalue weighted by Gasteiger charge is -2.26. The number of H-pyrrole nitrogens is 1. The average Bonchev–Trinajstić information content (AvgIpc) is 2.81. The third kappa shape index (κ3) is 5.63. The summed E-state index contributed by atoms with van der Waals surface area (Å²) in [6.07, 6.45) is 5.20. The molecule has 1 aliphatic heterocycles. The van der Waals surface area contributed by atoms with E-state index in [0.29, 0.717) is 6.04 Å². The fraction of sp³-hybridized carbons (Fsp3) is 0.800. The zero-order chi connectivity index (χ0) is 16.0. The van der Waals surface area contributed by atoms with E-state index in [1.165, 1.54) is 6.33 Å². The molecule has 0 spiro atoms. The third-order valence-electron chi connectivity index (χ3n) is 3.64. The van der Waals surface area contributed by atoms with Gasteiger partial charge in [-0.2, -0.15) is 5.10 Å². The van der Waals surface area contributed by atoms with Gasteiger partial charge in [-0.05, 0) is 40.0 Å². The smallest absolute Gasteiger partial charge is 0.410 e. The van der Waals surface area contributed by atoms with E-state index in [0.717, 1.165) is 51.1 Å². The highest BCUT2D eigenvalue weighted by molar-refractivity contribution is 5.68. The first-order chi connectivity index (χ1) is 10.4. The molecule has 1 aliphatic rings. The van der Waals surface area contributed by atoms with Crippen molar-refractivity contribution in [2.75, 3.05) is 19.6 Å². The Morgan fingerprint density at radius 2 is 2.27 bits per heavy atom. The van der Waals surface area contributed by atoms with Crippen LogP contribution < -0.4 is 5.32 Å². The normalized spacial score (nSPS) is 19.8. The van der Waals surface area contributed by atoms with E-state index in [4.69, 9.17) is 4.74 Å². The molecule has 7 nitrogen and oxygen atoms in total. The van der Waals surface area contributed by atoms with Gasteiger partial charge in [0.25, 0.3) is 0 Å². The highest BCUT2D eigenvalue weighted by Gasteiger charge is 2.24. The third-order valence-corrected chi connectivity index (χ3v) is 3.64. The zero-order valence-corrected chi connectivity index (χ0v) is 13.8. The van der Waals surface area contributed by atoms with Gasteiger partial charge in [0.1, 0.15) is 17.8 Å². The average molecular weight is 309 g/mol. The molecular formula is C15H27N5O2. The Balaban J connectivity index is 1.71. The number of nitrogens with zero attached hydrogens (tertiary/aromatic N) is 3. The molecule has 0 aliphatic carbocycles. The van der Waals surface area contributed by atoms with E-state index < -0.39 is 5.60 Å². The molecule has 1 saturated heterocycles. The zero-order valence-electron chi connectivity index (χ0n) is 13.8. The largest absolute Gasteiger partial charge is 0.444 e. The second-order valence-corrected chi connectivity index (χ2v) is 6.73. The number of likely N-dealkylation sites (tertiary alicyclic amines) is 1. The molecule has 22 heavy (non-hydrogen) atoms. The minimum Gasteiger partial charge on any atom is -0.444 e. The van der Waals surface area contributed by atoms with E-state index in [1.807, 2.05) is 25.7 Å². The molecule has 1 unspecified atom stereocenters. The van der Waals surface area contributed by atoms with Crippen LogP contribution in [0.3, 0.4) is 0 Å². The van der Waals surface area contributed by atoms with Crippen molar-refractivity contribution in [2.45, 2.75) is 58.1 Å². The fourth-order valence-corrected chi connectivity index (χ4v) is 2.56. The predicted octanol–water partition coefficient (Wildman–Crippen LogP) is 1.73. The van der Waals surface area contributed by atoms with Crippen molar-refractivity contribution in [1.82, 2.24) is 25.4 Å². The number of hydrogen-bond donors (Lipinski definition) is 2. The lowest BCUT2D eigenvalue weighted by Crippen LogP contribution is -2.38. The number of carbonyl (C=O) groups excluding carboxylic acids is 1. The molecule has 0 bridgehead atoms. The molecule has 0 radical (unpaired) electrons. The topological polar surface area (TPSA) is 83.1 Å². The Morgan fingerprint density at radius 1 is 1.45 bits per heavy atom. The van der Waals surface area contributed by atoms with Gasteiger partial charge in [-0.1, -0.05) is 0 Å². The van der Waals surface area contributed by atoms with Crippen LogP contribution in [0.1, 0.15) is 45.9 Å². The molecule has 2 rings (SSSR count). The molecule has 0 aromatic carbocycles. The number of carbonyl (C=O) groups is 1. The van der Waals surface area contributed by atoms with Gasteiger partial charge in [0.15, 0.2) is 0 Å². The Labute approximate surface area is 131 Å². The second-order valence-electron chi connectivity index (χ2n) is 6.73. The Bertz CT molecular complexity index is 455.